The van der Waals surface area contributed by atoms with Gasteiger partial charge in [-0.1, -0.05) is 50.1 Å². The molecule has 1 atom stereocenters. The SMILES string of the molecule is CCCC1CCC2(CCNC2c2ccccc2)CC1. The van der Waals surface area contributed by atoms with E-state index < -0.39 is 0 Å². The van der Waals surface area contributed by atoms with Gasteiger partial charge in [0.05, 0.1) is 0 Å². The molecule has 0 bridgehead atoms. The monoisotopic (exact) mass is 257 g/mol. The van der Waals surface area contributed by atoms with Gasteiger partial charge in [-0.15, -0.1) is 0 Å². The smallest absolute Gasteiger partial charge is 0.0377 e. The Morgan fingerprint density at radius 3 is 2.53 bits per heavy atom. The molecule has 1 spiro atoms. The highest BCUT2D eigenvalue weighted by molar-refractivity contribution is 5.23. The molecule has 1 heterocycles. The molecule has 0 amide bonds. The highest BCUT2D eigenvalue weighted by atomic mass is 15.0. The molecule has 1 unspecified atom stereocenters. The van der Waals surface area contributed by atoms with E-state index in [9.17, 15) is 0 Å². The van der Waals surface area contributed by atoms with E-state index in [4.69, 9.17) is 0 Å². The first-order chi connectivity index (χ1) is 9.34. The van der Waals surface area contributed by atoms with Crippen LogP contribution in [0.3, 0.4) is 0 Å². The molecule has 1 saturated carbocycles. The topological polar surface area (TPSA) is 12.0 Å². The maximum absolute atomic E-state index is 3.78. The highest BCUT2D eigenvalue weighted by Crippen LogP contribution is 2.53. The predicted octanol–water partition coefficient (Wildman–Crippen LogP) is 4.70. The van der Waals surface area contributed by atoms with Crippen LogP contribution >= 0.6 is 0 Å². The summed E-state index contributed by atoms with van der Waals surface area (Å²) in [6.07, 6.45) is 9.97. The lowest BCUT2D eigenvalue weighted by atomic mass is 9.64. The summed E-state index contributed by atoms with van der Waals surface area (Å²) in [5, 5.41) is 3.78. The zero-order valence-corrected chi connectivity index (χ0v) is 12.2. The van der Waals surface area contributed by atoms with Gasteiger partial charge in [0, 0.05) is 6.04 Å². The Labute approximate surface area is 117 Å². The van der Waals surface area contributed by atoms with Gasteiger partial charge >= 0.3 is 0 Å². The summed E-state index contributed by atoms with van der Waals surface area (Å²) in [5.74, 6) is 1.01. The fraction of sp³-hybridized carbons (Fsp3) is 0.667. The lowest BCUT2D eigenvalue weighted by Crippen LogP contribution is -2.33. The van der Waals surface area contributed by atoms with Gasteiger partial charge in [-0.3, -0.25) is 0 Å². The molecule has 1 saturated heterocycles. The van der Waals surface area contributed by atoms with Crippen molar-refractivity contribution in [1.29, 1.82) is 0 Å². The fourth-order valence-electron chi connectivity index (χ4n) is 4.43. The number of benzene rings is 1. The van der Waals surface area contributed by atoms with Crippen LogP contribution in [-0.2, 0) is 0 Å². The fourth-order valence-corrected chi connectivity index (χ4v) is 4.43. The average Bonchev–Trinajstić information content (AvgIpc) is 2.86. The van der Waals surface area contributed by atoms with Crippen molar-refractivity contribution in [3.05, 3.63) is 35.9 Å². The summed E-state index contributed by atoms with van der Waals surface area (Å²) in [6, 6.07) is 11.7. The first kappa shape index (κ1) is 13.2. The largest absolute Gasteiger partial charge is 0.309 e. The molecule has 1 aliphatic heterocycles. The number of rotatable bonds is 3. The number of hydrogen-bond acceptors (Lipinski definition) is 1. The van der Waals surface area contributed by atoms with Gasteiger partial charge in [0.1, 0.15) is 0 Å². The van der Waals surface area contributed by atoms with Gasteiger partial charge in [0.2, 0.25) is 0 Å². The van der Waals surface area contributed by atoms with Crippen molar-refractivity contribution in [1.82, 2.24) is 5.32 Å². The minimum Gasteiger partial charge on any atom is -0.309 e. The zero-order valence-electron chi connectivity index (χ0n) is 12.2. The van der Waals surface area contributed by atoms with Crippen LogP contribution in [-0.4, -0.2) is 6.54 Å². The second-order valence-electron chi connectivity index (χ2n) is 6.64. The van der Waals surface area contributed by atoms with Gasteiger partial charge in [0.25, 0.3) is 0 Å². The molecule has 1 heteroatoms. The van der Waals surface area contributed by atoms with Crippen molar-refractivity contribution in [3.8, 4) is 0 Å². The standard InChI is InChI=1S/C18H27N/c1-2-6-15-9-11-18(12-10-15)13-14-19-17(18)16-7-4-3-5-8-16/h3-5,7-8,15,17,19H,2,6,9-14H2,1H3. The highest BCUT2D eigenvalue weighted by Gasteiger charge is 2.45. The zero-order chi connectivity index (χ0) is 13.1. The van der Waals surface area contributed by atoms with Gasteiger partial charge in [-0.25, -0.2) is 0 Å². The minimum absolute atomic E-state index is 0.561. The molecule has 104 valence electrons. The van der Waals surface area contributed by atoms with Crippen molar-refractivity contribution in [2.45, 2.75) is 57.9 Å². The molecule has 1 aromatic carbocycles. The summed E-state index contributed by atoms with van der Waals surface area (Å²) in [4.78, 5) is 0. The number of hydrogen-bond donors (Lipinski definition) is 1. The Hall–Kier alpha value is -0.820. The maximum Gasteiger partial charge on any atom is 0.0377 e. The van der Waals surface area contributed by atoms with Crippen LogP contribution < -0.4 is 5.32 Å². The van der Waals surface area contributed by atoms with E-state index in [1.807, 2.05) is 0 Å². The Balaban J connectivity index is 1.73. The normalized spacial score (nSPS) is 34.8. The van der Waals surface area contributed by atoms with E-state index in [-0.39, 0.29) is 0 Å². The Morgan fingerprint density at radius 2 is 1.84 bits per heavy atom. The van der Waals surface area contributed by atoms with Gasteiger partial charge in [-0.05, 0) is 55.5 Å². The Kier molecular flexibility index (Phi) is 3.93. The van der Waals surface area contributed by atoms with E-state index in [1.54, 1.807) is 0 Å². The first-order valence-corrected chi connectivity index (χ1v) is 8.12. The molecule has 1 nitrogen and oxygen atoms in total. The molecular formula is C18H27N. The summed E-state index contributed by atoms with van der Waals surface area (Å²) < 4.78 is 0. The minimum atomic E-state index is 0.561. The van der Waals surface area contributed by atoms with E-state index in [0.29, 0.717) is 11.5 Å². The molecule has 0 radical (unpaired) electrons. The van der Waals surface area contributed by atoms with Crippen LogP contribution in [0.1, 0.15) is 63.5 Å². The van der Waals surface area contributed by atoms with Crippen molar-refractivity contribution in [2.24, 2.45) is 11.3 Å². The van der Waals surface area contributed by atoms with Crippen LogP contribution in [0.15, 0.2) is 30.3 Å². The third-order valence-electron chi connectivity index (χ3n) is 5.51. The van der Waals surface area contributed by atoms with E-state index in [2.05, 4.69) is 42.6 Å². The Bertz CT molecular complexity index is 389. The molecule has 3 rings (SSSR count). The number of nitrogens with one attached hydrogen (secondary N) is 1. The quantitative estimate of drug-likeness (QED) is 0.827. The predicted molar refractivity (Wildman–Crippen MR) is 81.1 cm³/mol. The Morgan fingerprint density at radius 1 is 1.11 bits per heavy atom. The molecular weight excluding hydrogens is 230 g/mol. The van der Waals surface area contributed by atoms with Gasteiger partial charge in [-0.2, -0.15) is 0 Å². The van der Waals surface area contributed by atoms with Crippen molar-refractivity contribution >= 4 is 0 Å². The van der Waals surface area contributed by atoms with Crippen molar-refractivity contribution in [2.75, 3.05) is 6.54 Å². The van der Waals surface area contributed by atoms with Crippen molar-refractivity contribution in [3.63, 3.8) is 0 Å². The summed E-state index contributed by atoms with van der Waals surface area (Å²) in [7, 11) is 0. The van der Waals surface area contributed by atoms with Crippen LogP contribution in [0.4, 0.5) is 0 Å². The second kappa shape index (κ2) is 5.66. The lowest BCUT2D eigenvalue weighted by molar-refractivity contribution is 0.125. The van der Waals surface area contributed by atoms with E-state index in [0.717, 1.165) is 5.92 Å². The molecule has 1 N–H and O–H groups in total. The average molecular weight is 257 g/mol. The molecule has 2 fully saturated rings. The third-order valence-corrected chi connectivity index (χ3v) is 5.51. The van der Waals surface area contributed by atoms with Crippen LogP contribution in [0.25, 0.3) is 0 Å². The van der Waals surface area contributed by atoms with Gasteiger partial charge in [0.15, 0.2) is 0 Å². The van der Waals surface area contributed by atoms with Gasteiger partial charge < -0.3 is 5.32 Å². The third kappa shape index (κ3) is 2.58. The van der Waals surface area contributed by atoms with Crippen LogP contribution in [0.5, 0.6) is 0 Å². The molecule has 1 aromatic rings. The van der Waals surface area contributed by atoms with Crippen LogP contribution in [0.2, 0.25) is 0 Å². The molecule has 2 aliphatic rings. The maximum atomic E-state index is 3.78. The summed E-state index contributed by atoms with van der Waals surface area (Å²) in [6.45, 7) is 3.53. The molecule has 19 heavy (non-hydrogen) atoms. The summed E-state index contributed by atoms with van der Waals surface area (Å²) in [5.41, 5.74) is 2.07. The second-order valence-corrected chi connectivity index (χ2v) is 6.64. The van der Waals surface area contributed by atoms with Crippen molar-refractivity contribution < 1.29 is 0 Å². The molecule has 1 aliphatic carbocycles. The van der Waals surface area contributed by atoms with Crippen LogP contribution in [0, 0.1) is 11.3 Å². The lowest BCUT2D eigenvalue weighted by Gasteiger charge is -2.41. The van der Waals surface area contributed by atoms with E-state index >= 15 is 0 Å². The first-order valence-electron chi connectivity index (χ1n) is 8.12. The molecule has 0 aromatic heterocycles. The van der Waals surface area contributed by atoms with E-state index in [1.165, 1.54) is 57.1 Å². The summed E-state index contributed by atoms with van der Waals surface area (Å²) >= 11 is 0.